The molecule has 2 aromatic rings. The zero-order valence-corrected chi connectivity index (χ0v) is 14.0. The number of nitrogens with one attached hydrogen (secondary N) is 1. The second-order valence-corrected chi connectivity index (χ2v) is 6.70. The third kappa shape index (κ3) is 5.32. The first-order valence-electron chi connectivity index (χ1n) is 6.68. The van der Waals surface area contributed by atoms with E-state index in [1.807, 2.05) is 34.8 Å². The standard InChI is InChI=1S/C14H20N3O3S.ClH/c1-3-16-8-9-17(11-16)10-14(18)12-4-6-13(7-5-12)15-21(2,19)20;/h4-9,11,14-15,18H,3,10H2,1-2H3;1H/q+1;/p-1. The summed E-state index contributed by atoms with van der Waals surface area (Å²) in [6.45, 7) is 3.38. The van der Waals surface area contributed by atoms with Crippen LogP contribution in [0.4, 0.5) is 5.69 Å². The molecule has 0 bridgehead atoms. The Morgan fingerprint density at radius 2 is 1.95 bits per heavy atom. The van der Waals surface area contributed by atoms with E-state index in [0.717, 1.165) is 18.4 Å². The van der Waals surface area contributed by atoms with Crippen molar-refractivity contribution in [2.45, 2.75) is 26.1 Å². The van der Waals surface area contributed by atoms with Crippen LogP contribution < -0.4 is 21.7 Å². The molecule has 122 valence electrons. The van der Waals surface area contributed by atoms with Crippen LogP contribution in [0.3, 0.4) is 0 Å². The number of nitrogens with zero attached hydrogens (tertiary/aromatic N) is 2. The lowest BCUT2D eigenvalue weighted by atomic mass is 10.1. The summed E-state index contributed by atoms with van der Waals surface area (Å²) in [7, 11) is -3.28. The van der Waals surface area contributed by atoms with Gasteiger partial charge in [-0.25, -0.2) is 17.6 Å². The molecule has 6 nitrogen and oxygen atoms in total. The van der Waals surface area contributed by atoms with Crippen LogP contribution in [0.25, 0.3) is 0 Å². The average Bonchev–Trinajstić information content (AvgIpc) is 2.85. The maximum absolute atomic E-state index is 11.1. The van der Waals surface area contributed by atoms with Crippen LogP contribution in [-0.4, -0.2) is 24.3 Å². The van der Waals surface area contributed by atoms with Gasteiger partial charge in [0.25, 0.3) is 0 Å². The molecular weight excluding hydrogens is 326 g/mol. The van der Waals surface area contributed by atoms with Crippen molar-refractivity contribution in [3.8, 4) is 0 Å². The van der Waals surface area contributed by atoms with E-state index in [0.29, 0.717) is 12.2 Å². The number of hydrogen-bond donors (Lipinski definition) is 2. The number of benzene rings is 1. The number of aryl methyl sites for hydroxylation is 1. The normalized spacial score (nSPS) is 12.5. The maximum atomic E-state index is 11.1. The molecule has 1 heterocycles. The van der Waals surface area contributed by atoms with Crippen LogP contribution in [-0.2, 0) is 23.1 Å². The van der Waals surface area contributed by atoms with Gasteiger partial charge in [-0.2, -0.15) is 0 Å². The summed E-state index contributed by atoms with van der Waals surface area (Å²) in [4.78, 5) is 0. The molecule has 1 aromatic heterocycles. The molecule has 0 saturated heterocycles. The van der Waals surface area contributed by atoms with E-state index in [1.165, 1.54) is 0 Å². The van der Waals surface area contributed by atoms with Crippen LogP contribution in [0.2, 0.25) is 0 Å². The van der Waals surface area contributed by atoms with Gasteiger partial charge >= 0.3 is 0 Å². The third-order valence-corrected chi connectivity index (χ3v) is 3.70. The molecule has 8 heteroatoms. The smallest absolute Gasteiger partial charge is 0.243 e. The predicted octanol–water partition coefficient (Wildman–Crippen LogP) is -2.10. The first-order chi connectivity index (χ1) is 9.87. The second kappa shape index (κ2) is 7.62. The van der Waals surface area contributed by atoms with Crippen LogP contribution in [0, 0.1) is 0 Å². The summed E-state index contributed by atoms with van der Waals surface area (Å²) in [6, 6.07) is 6.72. The number of rotatable bonds is 6. The van der Waals surface area contributed by atoms with Crippen molar-refractivity contribution in [1.29, 1.82) is 0 Å². The summed E-state index contributed by atoms with van der Waals surface area (Å²) < 4.78 is 28.6. The van der Waals surface area contributed by atoms with Gasteiger partial charge in [0.2, 0.25) is 16.4 Å². The SMILES string of the molecule is CC[n+]1ccn(CC(O)c2ccc(NS(C)(=O)=O)cc2)c1.[Cl-]. The van der Waals surface area contributed by atoms with Gasteiger partial charge in [0.1, 0.15) is 25.0 Å². The molecule has 1 aromatic carbocycles. The molecule has 0 aliphatic heterocycles. The topological polar surface area (TPSA) is 75.2 Å². The van der Waals surface area contributed by atoms with E-state index in [1.54, 1.807) is 24.3 Å². The maximum Gasteiger partial charge on any atom is 0.243 e. The van der Waals surface area contributed by atoms with Crippen LogP contribution >= 0.6 is 0 Å². The van der Waals surface area contributed by atoms with Gasteiger partial charge in [0.15, 0.2) is 0 Å². The quantitative estimate of drug-likeness (QED) is 0.589. The Kier molecular flexibility index (Phi) is 6.40. The molecule has 0 aliphatic carbocycles. The summed E-state index contributed by atoms with van der Waals surface area (Å²) in [6.07, 6.45) is 6.25. The monoisotopic (exact) mass is 345 g/mol. The van der Waals surface area contributed by atoms with Crippen molar-refractivity contribution >= 4 is 15.7 Å². The van der Waals surface area contributed by atoms with Crippen molar-refractivity contribution in [3.05, 3.63) is 48.5 Å². The van der Waals surface area contributed by atoms with Gasteiger partial charge in [-0.3, -0.25) is 4.72 Å². The van der Waals surface area contributed by atoms with Gasteiger partial charge in [-0.1, -0.05) is 12.1 Å². The fourth-order valence-electron chi connectivity index (χ4n) is 2.03. The Bertz CT molecular complexity index is 698. The summed E-state index contributed by atoms with van der Waals surface area (Å²) >= 11 is 0. The summed E-state index contributed by atoms with van der Waals surface area (Å²) in [5.41, 5.74) is 1.23. The number of imidazole rings is 1. The number of halogens is 1. The average molecular weight is 346 g/mol. The molecule has 0 amide bonds. The largest absolute Gasteiger partial charge is 1.00 e. The van der Waals surface area contributed by atoms with Crippen molar-refractivity contribution in [2.75, 3.05) is 11.0 Å². The molecule has 2 rings (SSSR count). The molecule has 0 fully saturated rings. The molecule has 1 unspecified atom stereocenters. The van der Waals surface area contributed by atoms with Crippen molar-refractivity contribution in [3.63, 3.8) is 0 Å². The first kappa shape index (κ1) is 18.5. The molecule has 0 saturated carbocycles. The van der Waals surface area contributed by atoms with Gasteiger partial charge in [-0.05, 0) is 24.6 Å². The zero-order chi connectivity index (χ0) is 15.5. The molecule has 22 heavy (non-hydrogen) atoms. The Morgan fingerprint density at radius 3 is 2.45 bits per heavy atom. The second-order valence-electron chi connectivity index (χ2n) is 4.95. The third-order valence-electron chi connectivity index (χ3n) is 3.09. The van der Waals surface area contributed by atoms with Crippen LogP contribution in [0.15, 0.2) is 43.0 Å². The summed E-state index contributed by atoms with van der Waals surface area (Å²) in [5, 5.41) is 10.2. The van der Waals surface area contributed by atoms with E-state index < -0.39 is 16.1 Å². The number of sulfonamides is 1. The van der Waals surface area contributed by atoms with E-state index in [4.69, 9.17) is 0 Å². The molecular formula is C14H20ClN3O3S. The predicted molar refractivity (Wildman–Crippen MR) is 80.2 cm³/mol. The van der Waals surface area contributed by atoms with Crippen molar-refractivity contribution in [2.24, 2.45) is 0 Å². The number of aliphatic hydroxyl groups is 1. The van der Waals surface area contributed by atoms with Gasteiger partial charge in [-0.15, -0.1) is 0 Å². The minimum Gasteiger partial charge on any atom is -1.00 e. The Balaban J connectivity index is 0.00000242. The molecule has 0 spiro atoms. The fourth-order valence-corrected chi connectivity index (χ4v) is 2.59. The van der Waals surface area contributed by atoms with E-state index in [2.05, 4.69) is 4.72 Å². The van der Waals surface area contributed by atoms with Crippen LogP contribution in [0.1, 0.15) is 18.6 Å². The molecule has 2 N–H and O–H groups in total. The van der Waals surface area contributed by atoms with Gasteiger partial charge in [0, 0.05) is 5.69 Å². The minimum absolute atomic E-state index is 0. The lowest BCUT2D eigenvalue weighted by Crippen LogP contribution is -3.00. The highest BCUT2D eigenvalue weighted by Crippen LogP contribution is 2.18. The highest BCUT2D eigenvalue weighted by atomic mass is 35.5. The summed E-state index contributed by atoms with van der Waals surface area (Å²) in [5.74, 6) is 0. The van der Waals surface area contributed by atoms with Gasteiger partial charge < -0.3 is 17.5 Å². The van der Waals surface area contributed by atoms with Gasteiger partial charge in [0.05, 0.1) is 12.8 Å². The Morgan fingerprint density at radius 1 is 1.32 bits per heavy atom. The highest BCUT2D eigenvalue weighted by Gasteiger charge is 2.12. The molecule has 0 aliphatic rings. The number of anilines is 1. The van der Waals surface area contributed by atoms with Crippen molar-refractivity contribution < 1.29 is 30.5 Å². The first-order valence-corrected chi connectivity index (χ1v) is 8.57. The van der Waals surface area contributed by atoms with E-state index in [-0.39, 0.29) is 12.4 Å². The minimum atomic E-state index is -3.28. The van der Waals surface area contributed by atoms with Crippen LogP contribution in [0.5, 0.6) is 0 Å². The number of hydrogen-bond acceptors (Lipinski definition) is 3. The number of aromatic nitrogens is 2. The number of aliphatic hydroxyl groups excluding tert-OH is 1. The van der Waals surface area contributed by atoms with Crippen molar-refractivity contribution in [1.82, 2.24) is 4.57 Å². The Labute approximate surface area is 136 Å². The molecule has 0 radical (unpaired) electrons. The fraction of sp³-hybridized carbons (Fsp3) is 0.357. The highest BCUT2D eigenvalue weighted by molar-refractivity contribution is 7.92. The van der Waals surface area contributed by atoms with E-state index in [9.17, 15) is 13.5 Å². The Hall–Kier alpha value is -1.57. The molecule has 1 atom stereocenters. The van der Waals surface area contributed by atoms with E-state index >= 15 is 0 Å². The lowest BCUT2D eigenvalue weighted by molar-refractivity contribution is -0.693. The lowest BCUT2D eigenvalue weighted by Gasteiger charge is -2.10. The zero-order valence-electron chi connectivity index (χ0n) is 12.5.